The molecule has 2 rings (SSSR count). The summed E-state index contributed by atoms with van der Waals surface area (Å²) in [6.07, 6.45) is 1.46. The summed E-state index contributed by atoms with van der Waals surface area (Å²) in [6, 6.07) is 7.35. The molecular weight excluding hydrogens is 282 g/mol. The van der Waals surface area contributed by atoms with E-state index < -0.39 is 0 Å². The van der Waals surface area contributed by atoms with Gasteiger partial charge in [-0.15, -0.1) is 0 Å². The van der Waals surface area contributed by atoms with Crippen LogP contribution in [0.3, 0.4) is 0 Å². The molecule has 0 aliphatic carbocycles. The number of nitrogens with one attached hydrogen (secondary N) is 1. The molecule has 1 saturated heterocycles. The third-order valence-electron chi connectivity index (χ3n) is 3.75. The molecule has 0 aromatic heterocycles. The molecule has 22 heavy (non-hydrogen) atoms. The van der Waals surface area contributed by atoms with Crippen molar-refractivity contribution in [1.29, 1.82) is 0 Å². The first-order valence-electron chi connectivity index (χ1n) is 7.67. The maximum Gasteiger partial charge on any atom is 0.238 e. The Bertz CT molecular complexity index is 533. The van der Waals surface area contributed by atoms with Crippen LogP contribution in [0.1, 0.15) is 19.8 Å². The van der Waals surface area contributed by atoms with E-state index in [-0.39, 0.29) is 25.0 Å². The Morgan fingerprint density at radius 2 is 2.27 bits per heavy atom. The fourth-order valence-corrected chi connectivity index (χ4v) is 2.57. The summed E-state index contributed by atoms with van der Waals surface area (Å²) in [5, 5.41) is 11.8. The van der Waals surface area contributed by atoms with Gasteiger partial charge in [0.15, 0.2) is 0 Å². The zero-order valence-electron chi connectivity index (χ0n) is 12.9. The quantitative estimate of drug-likeness (QED) is 0.790. The number of carbonyl (C=O) groups is 2. The molecule has 0 saturated carbocycles. The highest BCUT2D eigenvalue weighted by molar-refractivity contribution is 5.97. The van der Waals surface area contributed by atoms with Gasteiger partial charge in [0.05, 0.1) is 13.2 Å². The summed E-state index contributed by atoms with van der Waals surface area (Å²) in [7, 11) is 0. The van der Waals surface area contributed by atoms with Crippen LogP contribution in [0.4, 0.5) is 11.4 Å². The Morgan fingerprint density at radius 1 is 1.45 bits per heavy atom. The second-order valence-corrected chi connectivity index (χ2v) is 5.34. The van der Waals surface area contributed by atoms with Crippen molar-refractivity contribution >= 4 is 23.2 Å². The SMILES string of the molecule is CCN(CCO)CC(=O)Nc1cccc(N2CCCC2=O)c1. The van der Waals surface area contributed by atoms with Crippen LogP contribution < -0.4 is 10.2 Å². The van der Waals surface area contributed by atoms with Gasteiger partial charge in [0.2, 0.25) is 11.8 Å². The number of likely N-dealkylation sites (N-methyl/N-ethyl adjacent to an activating group) is 1. The number of aliphatic hydroxyl groups is 1. The fraction of sp³-hybridized carbons (Fsp3) is 0.500. The molecular formula is C16H23N3O3. The molecule has 1 aromatic rings. The van der Waals surface area contributed by atoms with Crippen LogP contribution in [0, 0.1) is 0 Å². The first kappa shape index (κ1) is 16.5. The standard InChI is InChI=1S/C16H23N3O3/c1-2-18(9-10-20)12-15(21)17-13-5-3-6-14(11-13)19-8-4-7-16(19)22/h3,5-6,11,20H,2,4,7-10,12H2,1H3,(H,17,21). The number of aliphatic hydroxyl groups excluding tert-OH is 1. The number of nitrogens with zero attached hydrogens (tertiary/aromatic N) is 2. The molecule has 2 N–H and O–H groups in total. The Kier molecular flexibility index (Phi) is 5.91. The Hall–Kier alpha value is -1.92. The predicted octanol–water partition coefficient (Wildman–Crippen LogP) is 1.07. The van der Waals surface area contributed by atoms with E-state index >= 15 is 0 Å². The lowest BCUT2D eigenvalue weighted by Crippen LogP contribution is -2.35. The normalized spacial score (nSPS) is 14.7. The molecule has 1 heterocycles. The molecule has 0 radical (unpaired) electrons. The van der Waals surface area contributed by atoms with Crippen LogP contribution in [-0.2, 0) is 9.59 Å². The third kappa shape index (κ3) is 4.29. The van der Waals surface area contributed by atoms with Crippen molar-refractivity contribution < 1.29 is 14.7 Å². The molecule has 0 atom stereocenters. The number of hydrogen-bond donors (Lipinski definition) is 2. The molecule has 1 aliphatic rings. The van der Waals surface area contributed by atoms with E-state index in [0.717, 1.165) is 18.7 Å². The number of hydrogen-bond acceptors (Lipinski definition) is 4. The molecule has 6 heteroatoms. The minimum absolute atomic E-state index is 0.0354. The van der Waals surface area contributed by atoms with Crippen molar-refractivity contribution in [3.05, 3.63) is 24.3 Å². The summed E-state index contributed by atoms with van der Waals surface area (Å²) in [5.74, 6) is 0.00350. The van der Waals surface area contributed by atoms with Crippen LogP contribution in [0.25, 0.3) is 0 Å². The lowest BCUT2D eigenvalue weighted by atomic mass is 10.2. The molecule has 0 spiro atoms. The van der Waals surface area contributed by atoms with Crippen molar-refractivity contribution in [2.24, 2.45) is 0 Å². The van der Waals surface area contributed by atoms with Crippen molar-refractivity contribution in [2.45, 2.75) is 19.8 Å². The molecule has 0 bridgehead atoms. The summed E-state index contributed by atoms with van der Waals surface area (Å²) in [6.45, 7) is 4.14. The average molecular weight is 305 g/mol. The second kappa shape index (κ2) is 7.91. The van der Waals surface area contributed by atoms with Gasteiger partial charge in [0.1, 0.15) is 0 Å². The van der Waals surface area contributed by atoms with E-state index in [1.807, 2.05) is 36.1 Å². The highest BCUT2D eigenvalue weighted by atomic mass is 16.3. The van der Waals surface area contributed by atoms with Crippen LogP contribution in [0.15, 0.2) is 24.3 Å². The average Bonchev–Trinajstić information content (AvgIpc) is 2.93. The van der Waals surface area contributed by atoms with Gasteiger partial charge in [-0.1, -0.05) is 13.0 Å². The predicted molar refractivity (Wildman–Crippen MR) is 85.9 cm³/mol. The Balaban J connectivity index is 1.98. The summed E-state index contributed by atoms with van der Waals surface area (Å²) in [4.78, 5) is 27.4. The summed E-state index contributed by atoms with van der Waals surface area (Å²) >= 11 is 0. The van der Waals surface area contributed by atoms with Gasteiger partial charge in [-0.3, -0.25) is 14.5 Å². The molecule has 0 unspecified atom stereocenters. The van der Waals surface area contributed by atoms with Gasteiger partial charge < -0.3 is 15.3 Å². The highest BCUT2D eigenvalue weighted by Crippen LogP contribution is 2.24. The molecule has 120 valence electrons. The van der Waals surface area contributed by atoms with Gasteiger partial charge in [0.25, 0.3) is 0 Å². The van der Waals surface area contributed by atoms with Gasteiger partial charge in [-0.05, 0) is 31.2 Å². The Labute approximate surface area is 130 Å². The zero-order chi connectivity index (χ0) is 15.9. The van der Waals surface area contributed by atoms with E-state index in [9.17, 15) is 9.59 Å². The van der Waals surface area contributed by atoms with E-state index in [0.29, 0.717) is 25.2 Å². The number of benzene rings is 1. The largest absolute Gasteiger partial charge is 0.395 e. The van der Waals surface area contributed by atoms with Gasteiger partial charge in [-0.25, -0.2) is 0 Å². The highest BCUT2D eigenvalue weighted by Gasteiger charge is 2.21. The first-order chi connectivity index (χ1) is 10.6. The van der Waals surface area contributed by atoms with Gasteiger partial charge in [0, 0.05) is 30.9 Å². The number of anilines is 2. The molecule has 2 amide bonds. The smallest absolute Gasteiger partial charge is 0.238 e. The topological polar surface area (TPSA) is 72.9 Å². The van der Waals surface area contributed by atoms with Crippen molar-refractivity contribution in [3.63, 3.8) is 0 Å². The third-order valence-corrected chi connectivity index (χ3v) is 3.75. The number of carbonyl (C=O) groups excluding carboxylic acids is 2. The van der Waals surface area contributed by atoms with Crippen molar-refractivity contribution in [3.8, 4) is 0 Å². The van der Waals surface area contributed by atoms with Crippen molar-refractivity contribution in [1.82, 2.24) is 4.90 Å². The molecule has 1 aliphatic heterocycles. The number of amides is 2. The monoisotopic (exact) mass is 305 g/mol. The zero-order valence-corrected chi connectivity index (χ0v) is 12.9. The Morgan fingerprint density at radius 3 is 2.91 bits per heavy atom. The molecule has 1 fully saturated rings. The molecule has 1 aromatic carbocycles. The minimum Gasteiger partial charge on any atom is -0.395 e. The fourth-order valence-electron chi connectivity index (χ4n) is 2.57. The van der Waals surface area contributed by atoms with Crippen LogP contribution in [0.2, 0.25) is 0 Å². The summed E-state index contributed by atoms with van der Waals surface area (Å²) in [5.41, 5.74) is 1.50. The second-order valence-electron chi connectivity index (χ2n) is 5.34. The van der Waals surface area contributed by atoms with E-state index in [1.165, 1.54) is 0 Å². The van der Waals surface area contributed by atoms with E-state index in [2.05, 4.69) is 5.32 Å². The minimum atomic E-state index is -0.125. The number of rotatable bonds is 7. The van der Waals surface area contributed by atoms with Gasteiger partial charge in [-0.2, -0.15) is 0 Å². The van der Waals surface area contributed by atoms with Crippen LogP contribution in [-0.4, -0.2) is 54.6 Å². The lowest BCUT2D eigenvalue weighted by molar-refractivity contribution is -0.118. The maximum absolute atomic E-state index is 12.0. The van der Waals surface area contributed by atoms with Gasteiger partial charge >= 0.3 is 0 Å². The van der Waals surface area contributed by atoms with Crippen molar-refractivity contribution in [2.75, 3.05) is 43.0 Å². The maximum atomic E-state index is 12.0. The lowest BCUT2D eigenvalue weighted by Gasteiger charge is -2.19. The summed E-state index contributed by atoms with van der Waals surface area (Å²) < 4.78 is 0. The van der Waals surface area contributed by atoms with E-state index in [4.69, 9.17) is 5.11 Å². The first-order valence-corrected chi connectivity index (χ1v) is 7.67. The van der Waals surface area contributed by atoms with Crippen LogP contribution in [0.5, 0.6) is 0 Å². The van der Waals surface area contributed by atoms with E-state index in [1.54, 1.807) is 4.90 Å². The molecule has 6 nitrogen and oxygen atoms in total. The van der Waals surface area contributed by atoms with Crippen LogP contribution >= 0.6 is 0 Å².